The number of nitrogens with one attached hydrogen (secondary N) is 1. The number of aromatic nitrogens is 3. The molecule has 0 aromatic carbocycles. The highest BCUT2D eigenvalue weighted by Gasteiger charge is 2.18. The number of hydrogen-bond donors (Lipinski definition) is 2. The molecule has 3 aromatic heterocycles. The molecule has 0 aliphatic heterocycles. The number of aryl methyl sites for hydroxylation is 1. The number of nitrogens with zero attached hydrogens (tertiary/aromatic N) is 3. The molecule has 3 N–H and O–H groups in total. The number of fused-ring (bicyclic) bond motifs is 1. The van der Waals surface area contributed by atoms with Crippen molar-refractivity contribution in [2.45, 2.75) is 26.8 Å². The van der Waals surface area contributed by atoms with Crippen molar-refractivity contribution >= 4 is 53.1 Å². The minimum Gasteiger partial charge on any atom is -0.351 e. The number of pyridine rings is 1. The molecule has 3 heterocycles. The van der Waals surface area contributed by atoms with E-state index in [1.54, 1.807) is 17.5 Å². The number of thiophene rings is 1. The van der Waals surface area contributed by atoms with Gasteiger partial charge in [-0.2, -0.15) is 5.10 Å². The Kier molecular flexibility index (Phi) is 8.02. The second-order valence-corrected chi connectivity index (χ2v) is 7.22. The molecule has 0 bridgehead atoms. The van der Waals surface area contributed by atoms with Crippen molar-refractivity contribution in [3.63, 3.8) is 0 Å². The second-order valence-electron chi connectivity index (χ2n) is 5.93. The van der Waals surface area contributed by atoms with Gasteiger partial charge in [-0.1, -0.05) is 0 Å². The molecule has 0 fully saturated rings. The SMILES string of the molecule is Cc1ccc(-c2cc(C(=O)NCCN)c3cnn(C(C)C)c3n2)s1.Cl.Cl. The largest absolute Gasteiger partial charge is 0.351 e. The smallest absolute Gasteiger partial charge is 0.252 e. The van der Waals surface area contributed by atoms with Crippen LogP contribution in [0.4, 0.5) is 0 Å². The topological polar surface area (TPSA) is 85.8 Å². The summed E-state index contributed by atoms with van der Waals surface area (Å²) in [7, 11) is 0. The lowest BCUT2D eigenvalue weighted by molar-refractivity contribution is 0.0956. The summed E-state index contributed by atoms with van der Waals surface area (Å²) in [5, 5.41) is 8.01. The zero-order valence-corrected chi connectivity index (χ0v) is 17.3. The van der Waals surface area contributed by atoms with E-state index in [4.69, 9.17) is 10.7 Å². The van der Waals surface area contributed by atoms with E-state index in [2.05, 4.69) is 23.4 Å². The minimum absolute atomic E-state index is 0. The molecule has 1 amide bonds. The highest BCUT2D eigenvalue weighted by Crippen LogP contribution is 2.30. The summed E-state index contributed by atoms with van der Waals surface area (Å²) in [4.78, 5) is 19.6. The molecule has 9 heteroatoms. The molecule has 3 rings (SSSR count). The Morgan fingerprint density at radius 2 is 2.08 bits per heavy atom. The van der Waals surface area contributed by atoms with Crippen molar-refractivity contribution in [3.8, 4) is 10.6 Å². The van der Waals surface area contributed by atoms with Gasteiger partial charge in [0, 0.05) is 24.0 Å². The summed E-state index contributed by atoms with van der Waals surface area (Å²) in [6, 6.07) is 6.09. The Labute approximate surface area is 169 Å². The molecule has 6 nitrogen and oxygen atoms in total. The van der Waals surface area contributed by atoms with E-state index >= 15 is 0 Å². The highest BCUT2D eigenvalue weighted by molar-refractivity contribution is 7.15. The molecule has 0 aliphatic carbocycles. The normalized spacial score (nSPS) is 10.5. The van der Waals surface area contributed by atoms with E-state index in [0.717, 1.165) is 21.6 Å². The average molecular weight is 416 g/mol. The number of rotatable bonds is 5. The van der Waals surface area contributed by atoms with Gasteiger partial charge in [0.05, 0.1) is 27.7 Å². The first-order chi connectivity index (χ1) is 11.5. The van der Waals surface area contributed by atoms with Crippen LogP contribution in [0.2, 0.25) is 0 Å². The van der Waals surface area contributed by atoms with E-state index < -0.39 is 0 Å². The predicted molar refractivity (Wildman–Crippen MR) is 112 cm³/mol. The molecule has 0 atom stereocenters. The molecular weight excluding hydrogens is 393 g/mol. The highest BCUT2D eigenvalue weighted by atomic mass is 35.5. The Morgan fingerprint density at radius 1 is 1.35 bits per heavy atom. The van der Waals surface area contributed by atoms with Crippen molar-refractivity contribution in [2.24, 2.45) is 5.73 Å². The van der Waals surface area contributed by atoms with E-state index in [-0.39, 0.29) is 36.8 Å². The summed E-state index contributed by atoms with van der Waals surface area (Å²) in [6.07, 6.45) is 1.71. The van der Waals surface area contributed by atoms with Crippen LogP contribution >= 0.6 is 36.2 Å². The van der Waals surface area contributed by atoms with Gasteiger partial charge in [0.2, 0.25) is 0 Å². The zero-order chi connectivity index (χ0) is 17.3. The van der Waals surface area contributed by atoms with Crippen LogP contribution in [0.15, 0.2) is 24.4 Å². The average Bonchev–Trinajstić information content (AvgIpc) is 3.17. The van der Waals surface area contributed by atoms with E-state index in [0.29, 0.717) is 18.7 Å². The predicted octanol–water partition coefficient (Wildman–Crippen LogP) is 3.58. The van der Waals surface area contributed by atoms with Gasteiger partial charge in [-0.3, -0.25) is 4.79 Å². The Bertz CT molecular complexity index is 891. The molecule has 0 radical (unpaired) electrons. The van der Waals surface area contributed by atoms with Gasteiger partial charge < -0.3 is 11.1 Å². The standard InChI is InChI=1S/C17H21N5OS.2ClH/c1-10(2)22-16-13(9-20-22)12(17(23)19-7-6-18)8-14(21-16)15-5-4-11(3)24-15;;/h4-5,8-10H,6-7,18H2,1-3H3,(H,19,23);2*1H. The molecule has 0 unspecified atom stereocenters. The number of hydrogen-bond acceptors (Lipinski definition) is 5. The first kappa shape index (κ1) is 22.4. The van der Waals surface area contributed by atoms with Crippen LogP contribution in [0.5, 0.6) is 0 Å². The van der Waals surface area contributed by atoms with Gasteiger partial charge in [0.25, 0.3) is 5.91 Å². The summed E-state index contributed by atoms with van der Waals surface area (Å²) in [5.74, 6) is -0.148. The van der Waals surface area contributed by atoms with Gasteiger partial charge in [0.15, 0.2) is 5.65 Å². The Hall–Kier alpha value is -1.67. The van der Waals surface area contributed by atoms with Gasteiger partial charge in [-0.15, -0.1) is 36.2 Å². The third-order valence-corrected chi connectivity index (χ3v) is 4.75. The van der Waals surface area contributed by atoms with Crippen LogP contribution in [0.25, 0.3) is 21.6 Å². The third kappa shape index (κ3) is 4.35. The van der Waals surface area contributed by atoms with Crippen molar-refractivity contribution in [3.05, 3.63) is 34.8 Å². The van der Waals surface area contributed by atoms with Crippen molar-refractivity contribution in [1.82, 2.24) is 20.1 Å². The van der Waals surface area contributed by atoms with Crippen LogP contribution in [-0.2, 0) is 0 Å². The van der Waals surface area contributed by atoms with Crippen LogP contribution in [0.3, 0.4) is 0 Å². The Morgan fingerprint density at radius 3 is 2.65 bits per heavy atom. The Balaban J connectivity index is 0.00000169. The summed E-state index contributed by atoms with van der Waals surface area (Å²) < 4.78 is 1.85. The second kappa shape index (κ2) is 9.32. The molecule has 0 spiro atoms. The zero-order valence-electron chi connectivity index (χ0n) is 14.9. The van der Waals surface area contributed by atoms with E-state index in [9.17, 15) is 4.79 Å². The van der Waals surface area contributed by atoms with Gasteiger partial charge >= 0.3 is 0 Å². The lowest BCUT2D eigenvalue weighted by atomic mass is 10.1. The summed E-state index contributed by atoms with van der Waals surface area (Å²) in [5.41, 5.74) is 7.60. The molecule has 0 aliphatic rings. The maximum atomic E-state index is 12.6. The molecular formula is C17H23Cl2N5OS. The summed E-state index contributed by atoms with van der Waals surface area (Å²) >= 11 is 1.66. The van der Waals surface area contributed by atoms with Crippen molar-refractivity contribution in [2.75, 3.05) is 13.1 Å². The molecule has 26 heavy (non-hydrogen) atoms. The van der Waals surface area contributed by atoms with Crippen LogP contribution in [0.1, 0.15) is 35.1 Å². The lowest BCUT2D eigenvalue weighted by Gasteiger charge is -2.10. The number of nitrogens with two attached hydrogens (primary N) is 1. The van der Waals surface area contributed by atoms with Crippen LogP contribution in [-0.4, -0.2) is 33.8 Å². The van der Waals surface area contributed by atoms with E-state index in [1.807, 2.05) is 30.7 Å². The monoisotopic (exact) mass is 415 g/mol. The van der Waals surface area contributed by atoms with Crippen LogP contribution in [0, 0.1) is 6.92 Å². The van der Waals surface area contributed by atoms with Crippen molar-refractivity contribution in [1.29, 1.82) is 0 Å². The number of amides is 1. The minimum atomic E-state index is -0.148. The van der Waals surface area contributed by atoms with Crippen LogP contribution < -0.4 is 11.1 Å². The first-order valence-corrected chi connectivity index (χ1v) is 8.76. The molecule has 142 valence electrons. The quantitative estimate of drug-likeness (QED) is 0.666. The molecule has 0 saturated heterocycles. The number of carbonyl (C=O) groups is 1. The van der Waals surface area contributed by atoms with Gasteiger partial charge in [0.1, 0.15) is 0 Å². The number of carbonyl (C=O) groups excluding carboxylic acids is 1. The fourth-order valence-corrected chi connectivity index (χ4v) is 3.39. The first-order valence-electron chi connectivity index (χ1n) is 7.94. The maximum absolute atomic E-state index is 12.6. The lowest BCUT2D eigenvalue weighted by Crippen LogP contribution is -2.29. The third-order valence-electron chi connectivity index (χ3n) is 3.72. The van der Waals surface area contributed by atoms with Crippen molar-refractivity contribution < 1.29 is 4.79 Å². The summed E-state index contributed by atoms with van der Waals surface area (Å²) in [6.45, 7) is 6.99. The number of halogens is 2. The van der Waals surface area contributed by atoms with E-state index in [1.165, 1.54) is 4.88 Å². The molecule has 0 saturated carbocycles. The van der Waals surface area contributed by atoms with Gasteiger partial charge in [-0.05, 0) is 39.0 Å². The fraction of sp³-hybridized carbons (Fsp3) is 0.353. The fourth-order valence-electron chi connectivity index (χ4n) is 2.56. The molecule has 3 aromatic rings. The maximum Gasteiger partial charge on any atom is 0.252 e. The van der Waals surface area contributed by atoms with Gasteiger partial charge in [-0.25, -0.2) is 9.67 Å².